The van der Waals surface area contributed by atoms with Gasteiger partial charge < -0.3 is 5.32 Å². The smallest absolute Gasteiger partial charge is 0.00828 e. The second kappa shape index (κ2) is 4.01. The summed E-state index contributed by atoms with van der Waals surface area (Å²) in [5, 5.41) is 3.70. The van der Waals surface area contributed by atoms with Gasteiger partial charge in [0.25, 0.3) is 0 Å². The predicted octanol–water partition coefficient (Wildman–Crippen LogP) is 2.13. The second-order valence-electron chi connectivity index (χ2n) is 4.27. The van der Waals surface area contributed by atoms with Gasteiger partial charge in [-0.3, -0.25) is 0 Å². The topological polar surface area (TPSA) is 12.0 Å². The zero-order valence-corrected chi connectivity index (χ0v) is 8.70. The van der Waals surface area contributed by atoms with Gasteiger partial charge >= 0.3 is 0 Å². The van der Waals surface area contributed by atoms with Crippen molar-refractivity contribution < 1.29 is 0 Å². The Morgan fingerprint density at radius 2 is 2.00 bits per heavy atom. The summed E-state index contributed by atoms with van der Waals surface area (Å²) in [5.41, 5.74) is 0. The molecule has 1 aliphatic heterocycles. The number of rotatable bonds is 3. The highest BCUT2D eigenvalue weighted by Crippen LogP contribution is 2.37. The van der Waals surface area contributed by atoms with E-state index in [1.165, 1.54) is 37.3 Å². The van der Waals surface area contributed by atoms with E-state index in [2.05, 4.69) is 24.0 Å². The van der Waals surface area contributed by atoms with Crippen molar-refractivity contribution >= 4 is 11.8 Å². The van der Waals surface area contributed by atoms with Crippen LogP contribution in [-0.4, -0.2) is 24.1 Å². The average Bonchev–Trinajstić information content (AvgIpc) is 2.81. The van der Waals surface area contributed by atoms with E-state index < -0.39 is 0 Å². The molecule has 2 atom stereocenters. The average molecular weight is 185 g/mol. The fraction of sp³-hybridized carbons (Fsp3) is 1.00. The highest BCUT2D eigenvalue weighted by atomic mass is 32.2. The van der Waals surface area contributed by atoms with Gasteiger partial charge in [-0.15, -0.1) is 0 Å². The molecule has 1 nitrogen and oxygen atoms in total. The Hall–Kier alpha value is 0.310. The maximum atomic E-state index is 3.70. The zero-order valence-electron chi connectivity index (χ0n) is 7.88. The third-order valence-corrected chi connectivity index (χ3v) is 4.21. The molecule has 1 N–H and O–H groups in total. The van der Waals surface area contributed by atoms with Gasteiger partial charge in [-0.2, -0.15) is 11.8 Å². The summed E-state index contributed by atoms with van der Waals surface area (Å²) < 4.78 is 0. The van der Waals surface area contributed by atoms with Crippen LogP contribution in [0.4, 0.5) is 0 Å². The van der Waals surface area contributed by atoms with Crippen molar-refractivity contribution in [2.24, 2.45) is 11.8 Å². The van der Waals surface area contributed by atoms with Crippen LogP contribution in [-0.2, 0) is 0 Å². The van der Waals surface area contributed by atoms with Gasteiger partial charge in [0.05, 0.1) is 0 Å². The van der Waals surface area contributed by atoms with Gasteiger partial charge in [-0.05, 0) is 49.1 Å². The molecule has 2 aliphatic rings. The zero-order chi connectivity index (χ0) is 8.39. The molecule has 70 valence electrons. The Kier molecular flexibility index (Phi) is 2.97. The quantitative estimate of drug-likeness (QED) is 0.723. The molecule has 0 spiro atoms. The van der Waals surface area contributed by atoms with Crippen LogP contribution in [0.1, 0.15) is 26.2 Å². The van der Waals surface area contributed by atoms with Crippen LogP contribution in [0.15, 0.2) is 0 Å². The van der Waals surface area contributed by atoms with Crippen LogP contribution in [0.5, 0.6) is 0 Å². The van der Waals surface area contributed by atoms with Crippen LogP contribution in [0.2, 0.25) is 0 Å². The molecule has 1 aliphatic carbocycles. The van der Waals surface area contributed by atoms with E-state index in [4.69, 9.17) is 0 Å². The van der Waals surface area contributed by atoms with Gasteiger partial charge in [0.1, 0.15) is 0 Å². The summed E-state index contributed by atoms with van der Waals surface area (Å²) in [7, 11) is 0. The first kappa shape index (κ1) is 8.89. The molecule has 0 aromatic carbocycles. The summed E-state index contributed by atoms with van der Waals surface area (Å²) in [4.78, 5) is 0. The lowest BCUT2D eigenvalue weighted by Gasteiger charge is -2.22. The predicted molar refractivity (Wildman–Crippen MR) is 55.6 cm³/mol. The van der Waals surface area contributed by atoms with Crippen LogP contribution in [0, 0.1) is 11.8 Å². The minimum absolute atomic E-state index is 0.846. The van der Waals surface area contributed by atoms with E-state index in [0.29, 0.717) is 0 Å². The molecule has 2 heteroatoms. The summed E-state index contributed by atoms with van der Waals surface area (Å²) >= 11 is 2.11. The lowest BCUT2D eigenvalue weighted by Crippen LogP contribution is -2.34. The van der Waals surface area contributed by atoms with Crippen molar-refractivity contribution in [1.82, 2.24) is 5.32 Å². The SMILES string of the molecule is CC1CC1CNC1CCSCC1. The summed E-state index contributed by atoms with van der Waals surface area (Å²) in [6.45, 7) is 3.65. The fourth-order valence-electron chi connectivity index (χ4n) is 1.90. The molecule has 2 fully saturated rings. The van der Waals surface area contributed by atoms with Gasteiger partial charge in [-0.1, -0.05) is 6.92 Å². The molecule has 0 amide bonds. The standard InChI is InChI=1S/C10H19NS/c1-8-6-9(8)7-11-10-2-4-12-5-3-10/h8-11H,2-7H2,1H3. The second-order valence-corrected chi connectivity index (χ2v) is 5.49. The highest BCUT2D eigenvalue weighted by Gasteiger charge is 2.32. The van der Waals surface area contributed by atoms with Crippen molar-refractivity contribution in [1.29, 1.82) is 0 Å². The molecule has 1 saturated carbocycles. The van der Waals surface area contributed by atoms with Crippen LogP contribution in [0.3, 0.4) is 0 Å². The number of nitrogens with one attached hydrogen (secondary N) is 1. The first-order valence-electron chi connectivity index (χ1n) is 5.17. The minimum Gasteiger partial charge on any atom is -0.314 e. The monoisotopic (exact) mass is 185 g/mol. The minimum atomic E-state index is 0.846. The van der Waals surface area contributed by atoms with Crippen LogP contribution in [0.25, 0.3) is 0 Å². The number of hydrogen-bond acceptors (Lipinski definition) is 2. The van der Waals surface area contributed by atoms with Gasteiger partial charge in [-0.25, -0.2) is 0 Å². The molecule has 12 heavy (non-hydrogen) atoms. The van der Waals surface area contributed by atoms with Crippen LogP contribution < -0.4 is 5.32 Å². The largest absolute Gasteiger partial charge is 0.314 e. The molecule has 1 saturated heterocycles. The van der Waals surface area contributed by atoms with Crippen LogP contribution >= 0.6 is 11.8 Å². The van der Waals surface area contributed by atoms with E-state index in [1.54, 1.807) is 0 Å². The van der Waals surface area contributed by atoms with E-state index in [0.717, 1.165) is 17.9 Å². The van der Waals surface area contributed by atoms with Crippen molar-refractivity contribution in [2.75, 3.05) is 18.1 Å². The maximum absolute atomic E-state index is 3.70. The molecule has 2 rings (SSSR count). The first-order valence-corrected chi connectivity index (χ1v) is 6.33. The Bertz CT molecular complexity index is 143. The molecule has 0 aromatic rings. The Morgan fingerprint density at radius 1 is 1.33 bits per heavy atom. The van der Waals surface area contributed by atoms with E-state index in [-0.39, 0.29) is 0 Å². The lowest BCUT2D eigenvalue weighted by molar-refractivity contribution is 0.464. The van der Waals surface area contributed by atoms with E-state index >= 15 is 0 Å². The van der Waals surface area contributed by atoms with Crippen molar-refractivity contribution in [2.45, 2.75) is 32.2 Å². The highest BCUT2D eigenvalue weighted by molar-refractivity contribution is 7.99. The van der Waals surface area contributed by atoms with E-state index in [9.17, 15) is 0 Å². The number of thioether (sulfide) groups is 1. The molecule has 0 aromatic heterocycles. The summed E-state index contributed by atoms with van der Waals surface area (Å²) in [6.07, 6.45) is 4.26. The first-order chi connectivity index (χ1) is 5.86. The maximum Gasteiger partial charge on any atom is 0.00828 e. The third-order valence-electron chi connectivity index (χ3n) is 3.17. The normalized spacial score (nSPS) is 36.8. The Balaban J connectivity index is 1.59. The summed E-state index contributed by atoms with van der Waals surface area (Å²) in [5.74, 6) is 4.77. The molecule has 2 unspecified atom stereocenters. The fourth-order valence-corrected chi connectivity index (χ4v) is 3.01. The molecule has 1 heterocycles. The van der Waals surface area contributed by atoms with Crippen molar-refractivity contribution in [3.8, 4) is 0 Å². The number of hydrogen-bond donors (Lipinski definition) is 1. The van der Waals surface area contributed by atoms with Crippen molar-refractivity contribution in [3.63, 3.8) is 0 Å². The molecule has 0 radical (unpaired) electrons. The third kappa shape index (κ3) is 2.40. The van der Waals surface area contributed by atoms with Gasteiger partial charge in [0.2, 0.25) is 0 Å². The molecular weight excluding hydrogens is 166 g/mol. The van der Waals surface area contributed by atoms with Crippen molar-refractivity contribution in [3.05, 3.63) is 0 Å². The van der Waals surface area contributed by atoms with Gasteiger partial charge in [0, 0.05) is 6.04 Å². The molecular formula is C10H19NS. The Labute approximate surface area is 79.7 Å². The Morgan fingerprint density at radius 3 is 2.58 bits per heavy atom. The molecule has 0 bridgehead atoms. The summed E-state index contributed by atoms with van der Waals surface area (Å²) in [6, 6.07) is 0.846. The lowest BCUT2D eigenvalue weighted by atomic mass is 10.1. The van der Waals surface area contributed by atoms with E-state index in [1.807, 2.05) is 0 Å². The van der Waals surface area contributed by atoms with Gasteiger partial charge in [0.15, 0.2) is 0 Å².